The van der Waals surface area contributed by atoms with Crippen LogP contribution >= 0.6 is 0 Å². The fourth-order valence-electron chi connectivity index (χ4n) is 1.85. The van der Waals surface area contributed by atoms with Crippen LogP contribution in [0.3, 0.4) is 0 Å². The van der Waals surface area contributed by atoms with E-state index >= 15 is 0 Å². The maximum absolute atomic E-state index is 5.50. The second-order valence-electron chi connectivity index (χ2n) is 3.44. The van der Waals surface area contributed by atoms with E-state index < -0.39 is 0 Å². The summed E-state index contributed by atoms with van der Waals surface area (Å²) in [5.41, 5.74) is 0. The minimum absolute atomic E-state index is 0.660. The highest BCUT2D eigenvalue weighted by Gasteiger charge is 2.21. The lowest BCUT2D eigenvalue weighted by molar-refractivity contribution is 0.0930. The fourth-order valence-corrected chi connectivity index (χ4v) is 1.85. The number of rotatable bonds is 0. The van der Waals surface area contributed by atoms with Gasteiger partial charge in [0.1, 0.15) is 0 Å². The van der Waals surface area contributed by atoms with Gasteiger partial charge in [-0.25, -0.2) is 0 Å². The summed E-state index contributed by atoms with van der Waals surface area (Å²) in [5.74, 6) is 0.799. The molecule has 2 unspecified atom stereocenters. The minimum atomic E-state index is 0.660. The molecule has 0 aliphatic carbocycles. The standard InChI is InChI=1S/C8H15NO/c1-2-7-4-9-8(3-1)6-10-5-7/h7-9H,1-6H2. The van der Waals surface area contributed by atoms with Gasteiger partial charge in [-0.3, -0.25) is 0 Å². The summed E-state index contributed by atoms with van der Waals surface area (Å²) in [5, 5.41) is 3.52. The summed E-state index contributed by atoms with van der Waals surface area (Å²) in [6.45, 7) is 3.12. The molecule has 2 heterocycles. The van der Waals surface area contributed by atoms with Crippen molar-refractivity contribution in [3.05, 3.63) is 0 Å². The lowest BCUT2D eigenvalue weighted by Crippen LogP contribution is -2.30. The number of fused-ring (bicyclic) bond motifs is 3. The second-order valence-corrected chi connectivity index (χ2v) is 3.44. The van der Waals surface area contributed by atoms with Crippen LogP contribution in [-0.4, -0.2) is 25.8 Å². The third kappa shape index (κ3) is 1.32. The van der Waals surface area contributed by atoms with E-state index in [1.54, 1.807) is 0 Å². The van der Waals surface area contributed by atoms with Gasteiger partial charge in [-0.05, 0) is 18.8 Å². The molecule has 0 spiro atoms. The van der Waals surface area contributed by atoms with Crippen LogP contribution in [0.1, 0.15) is 19.3 Å². The molecule has 0 radical (unpaired) electrons. The smallest absolute Gasteiger partial charge is 0.0619 e. The summed E-state index contributed by atoms with van der Waals surface area (Å²) in [7, 11) is 0. The quantitative estimate of drug-likeness (QED) is 0.538. The van der Waals surface area contributed by atoms with Crippen molar-refractivity contribution in [2.75, 3.05) is 19.8 Å². The number of hydrogen-bond donors (Lipinski definition) is 1. The zero-order valence-corrected chi connectivity index (χ0v) is 6.31. The first-order valence-corrected chi connectivity index (χ1v) is 4.26. The van der Waals surface area contributed by atoms with Crippen LogP contribution in [-0.2, 0) is 4.74 Å². The number of ether oxygens (including phenoxy) is 1. The summed E-state index contributed by atoms with van der Waals surface area (Å²) in [6.07, 6.45) is 4.08. The molecule has 0 saturated carbocycles. The average molecular weight is 141 g/mol. The second kappa shape index (κ2) is 2.89. The fraction of sp³-hybridized carbons (Fsp3) is 1.00. The van der Waals surface area contributed by atoms with E-state index in [-0.39, 0.29) is 0 Å². The largest absolute Gasteiger partial charge is 0.379 e. The molecule has 2 saturated heterocycles. The highest BCUT2D eigenvalue weighted by molar-refractivity contribution is 4.78. The molecule has 0 aromatic carbocycles. The molecule has 2 nitrogen and oxygen atoms in total. The van der Waals surface area contributed by atoms with Crippen molar-refractivity contribution < 1.29 is 4.74 Å². The Labute approximate surface area is 61.9 Å². The predicted octanol–water partition coefficient (Wildman–Crippen LogP) is 0.775. The molecule has 0 aromatic rings. The zero-order valence-electron chi connectivity index (χ0n) is 6.31. The van der Waals surface area contributed by atoms with Crippen molar-refractivity contribution in [2.24, 2.45) is 5.92 Å². The van der Waals surface area contributed by atoms with Gasteiger partial charge in [0.05, 0.1) is 13.2 Å². The van der Waals surface area contributed by atoms with Gasteiger partial charge >= 0.3 is 0 Å². The van der Waals surface area contributed by atoms with E-state index in [1.807, 2.05) is 0 Å². The molecule has 2 aliphatic heterocycles. The van der Waals surface area contributed by atoms with Gasteiger partial charge < -0.3 is 10.1 Å². The van der Waals surface area contributed by atoms with E-state index in [0.717, 1.165) is 19.1 Å². The zero-order chi connectivity index (χ0) is 6.81. The Morgan fingerprint density at radius 2 is 2.20 bits per heavy atom. The predicted molar refractivity (Wildman–Crippen MR) is 40.0 cm³/mol. The van der Waals surface area contributed by atoms with Gasteiger partial charge in [0.15, 0.2) is 0 Å². The first kappa shape index (κ1) is 6.62. The van der Waals surface area contributed by atoms with Crippen LogP contribution in [0.25, 0.3) is 0 Å². The summed E-state index contributed by atoms with van der Waals surface area (Å²) in [4.78, 5) is 0. The molecule has 2 aliphatic rings. The molecule has 2 atom stereocenters. The molecule has 58 valence electrons. The van der Waals surface area contributed by atoms with Gasteiger partial charge in [-0.15, -0.1) is 0 Å². The molecule has 2 heteroatoms. The molecule has 0 amide bonds. The lowest BCUT2D eigenvalue weighted by Gasteiger charge is -2.14. The van der Waals surface area contributed by atoms with E-state index in [9.17, 15) is 0 Å². The van der Waals surface area contributed by atoms with Gasteiger partial charge in [0.25, 0.3) is 0 Å². The number of hydrogen-bond acceptors (Lipinski definition) is 2. The van der Waals surface area contributed by atoms with Crippen LogP contribution < -0.4 is 5.32 Å². The summed E-state index contributed by atoms with van der Waals surface area (Å²) >= 11 is 0. The van der Waals surface area contributed by atoms with Crippen LogP contribution in [0.2, 0.25) is 0 Å². The molecular formula is C8H15NO. The molecule has 2 bridgehead atoms. The molecule has 2 fully saturated rings. The third-order valence-electron chi connectivity index (χ3n) is 2.53. The van der Waals surface area contributed by atoms with Crippen LogP contribution in [0, 0.1) is 5.92 Å². The normalized spacial score (nSPS) is 40.8. The third-order valence-corrected chi connectivity index (χ3v) is 2.53. The molecule has 1 N–H and O–H groups in total. The Morgan fingerprint density at radius 3 is 3.20 bits per heavy atom. The SMILES string of the molecule is C1CC2CNC(C1)COC2. The average Bonchev–Trinajstić information content (AvgIpc) is 2.17. The summed E-state index contributed by atoms with van der Waals surface area (Å²) in [6, 6.07) is 0.660. The Hall–Kier alpha value is -0.0800. The van der Waals surface area contributed by atoms with E-state index in [4.69, 9.17) is 4.74 Å². The highest BCUT2D eigenvalue weighted by Crippen LogP contribution is 2.18. The molecular weight excluding hydrogens is 126 g/mol. The summed E-state index contributed by atoms with van der Waals surface area (Å²) < 4.78 is 5.50. The minimum Gasteiger partial charge on any atom is -0.379 e. The Kier molecular flexibility index (Phi) is 1.91. The lowest BCUT2D eigenvalue weighted by atomic mass is 10.0. The van der Waals surface area contributed by atoms with Gasteiger partial charge in [0.2, 0.25) is 0 Å². The van der Waals surface area contributed by atoms with Gasteiger partial charge in [0, 0.05) is 12.6 Å². The van der Waals surface area contributed by atoms with Crippen LogP contribution in [0.4, 0.5) is 0 Å². The number of nitrogens with one attached hydrogen (secondary N) is 1. The Bertz CT molecular complexity index is 93.8. The first-order valence-electron chi connectivity index (χ1n) is 4.26. The topological polar surface area (TPSA) is 21.3 Å². The highest BCUT2D eigenvalue weighted by atomic mass is 16.5. The molecule has 0 aromatic heterocycles. The Balaban J connectivity index is 2.01. The van der Waals surface area contributed by atoms with Crippen molar-refractivity contribution in [1.82, 2.24) is 5.32 Å². The van der Waals surface area contributed by atoms with Gasteiger partial charge in [-0.2, -0.15) is 0 Å². The van der Waals surface area contributed by atoms with Crippen molar-refractivity contribution >= 4 is 0 Å². The van der Waals surface area contributed by atoms with E-state index in [1.165, 1.54) is 25.8 Å². The monoisotopic (exact) mass is 141 g/mol. The van der Waals surface area contributed by atoms with Gasteiger partial charge in [-0.1, -0.05) is 6.42 Å². The van der Waals surface area contributed by atoms with Crippen molar-refractivity contribution in [2.45, 2.75) is 25.3 Å². The van der Waals surface area contributed by atoms with Crippen molar-refractivity contribution in [1.29, 1.82) is 0 Å². The first-order chi connectivity index (χ1) is 4.95. The molecule has 10 heavy (non-hydrogen) atoms. The van der Waals surface area contributed by atoms with Crippen molar-refractivity contribution in [3.8, 4) is 0 Å². The van der Waals surface area contributed by atoms with Crippen molar-refractivity contribution in [3.63, 3.8) is 0 Å². The van der Waals surface area contributed by atoms with E-state index in [0.29, 0.717) is 6.04 Å². The maximum Gasteiger partial charge on any atom is 0.0619 e. The maximum atomic E-state index is 5.50. The molecule has 2 rings (SSSR count). The Morgan fingerprint density at radius 1 is 1.20 bits per heavy atom. The van der Waals surface area contributed by atoms with Crippen LogP contribution in [0.15, 0.2) is 0 Å². The van der Waals surface area contributed by atoms with Crippen LogP contribution in [0.5, 0.6) is 0 Å². The van der Waals surface area contributed by atoms with E-state index in [2.05, 4.69) is 5.32 Å².